The molecule has 35 heavy (non-hydrogen) atoms. The van der Waals surface area contributed by atoms with Gasteiger partial charge in [0, 0.05) is 50.6 Å². The largest absolute Gasteiger partial charge is 0.416 e. The Kier molecular flexibility index (Phi) is 8.01. The molecule has 1 aliphatic carbocycles. The van der Waals surface area contributed by atoms with Crippen molar-refractivity contribution in [3.63, 3.8) is 0 Å². The van der Waals surface area contributed by atoms with Crippen molar-refractivity contribution in [1.29, 1.82) is 0 Å². The highest BCUT2D eigenvalue weighted by Gasteiger charge is 2.50. The summed E-state index contributed by atoms with van der Waals surface area (Å²) >= 11 is 0. The van der Waals surface area contributed by atoms with Crippen LogP contribution in [-0.4, -0.2) is 62.3 Å². The Morgan fingerprint density at radius 3 is 2.60 bits per heavy atom. The molecule has 0 radical (unpaired) electrons. The third-order valence-corrected chi connectivity index (χ3v) is 8.63. The van der Waals surface area contributed by atoms with Crippen molar-refractivity contribution >= 4 is 11.6 Å². The number of amides is 1. The Bertz CT molecular complexity index is 869. The number of ether oxygens (including phenoxy) is 1. The second-order valence-electron chi connectivity index (χ2n) is 10.9. The molecule has 196 valence electrons. The van der Waals surface area contributed by atoms with Crippen molar-refractivity contribution in [2.24, 2.45) is 17.3 Å². The molecule has 2 saturated heterocycles. The maximum Gasteiger partial charge on any atom is 0.416 e. The van der Waals surface area contributed by atoms with Crippen LogP contribution in [0, 0.1) is 17.3 Å². The van der Waals surface area contributed by atoms with Gasteiger partial charge in [0.05, 0.1) is 17.6 Å². The third-order valence-electron chi connectivity index (χ3n) is 8.63. The summed E-state index contributed by atoms with van der Waals surface area (Å²) in [6.07, 6.45) is 0.498. The van der Waals surface area contributed by atoms with Gasteiger partial charge >= 0.3 is 6.18 Å². The van der Waals surface area contributed by atoms with E-state index in [1.807, 2.05) is 9.80 Å². The summed E-state index contributed by atoms with van der Waals surface area (Å²) in [4.78, 5) is 17.8. The molecule has 8 heteroatoms. The molecule has 1 saturated carbocycles. The van der Waals surface area contributed by atoms with Gasteiger partial charge in [0.25, 0.3) is 0 Å². The van der Waals surface area contributed by atoms with Crippen LogP contribution in [0.15, 0.2) is 24.3 Å². The molecule has 4 atom stereocenters. The molecule has 0 aromatic heterocycles. The summed E-state index contributed by atoms with van der Waals surface area (Å²) < 4.78 is 45.1. The van der Waals surface area contributed by atoms with Gasteiger partial charge in [0.15, 0.2) is 0 Å². The summed E-state index contributed by atoms with van der Waals surface area (Å²) in [6, 6.07) is 6.27. The van der Waals surface area contributed by atoms with E-state index >= 15 is 0 Å². The fourth-order valence-corrected chi connectivity index (χ4v) is 6.27. The van der Waals surface area contributed by atoms with Crippen molar-refractivity contribution in [3.05, 3.63) is 29.8 Å². The normalized spacial score (nSPS) is 30.2. The Balaban J connectivity index is 1.38. The molecule has 2 heterocycles. The van der Waals surface area contributed by atoms with Crippen LogP contribution >= 0.6 is 0 Å². The number of piperazine rings is 1. The highest BCUT2D eigenvalue weighted by Crippen LogP contribution is 2.46. The minimum atomic E-state index is -4.35. The van der Waals surface area contributed by atoms with E-state index in [2.05, 4.69) is 26.1 Å². The fraction of sp³-hybridized carbons (Fsp3) is 0.741. The zero-order chi connectivity index (χ0) is 25.2. The molecule has 0 unspecified atom stereocenters. The number of carbonyl (C=O) groups excluding carboxylic acids is 1. The number of anilines is 1. The first-order valence-electron chi connectivity index (χ1n) is 13.2. The lowest BCUT2D eigenvalue weighted by molar-refractivity contribution is -0.145. The molecule has 0 spiro atoms. The summed E-state index contributed by atoms with van der Waals surface area (Å²) in [5.74, 6) is 0.983. The highest BCUT2D eigenvalue weighted by molar-refractivity contribution is 5.84. The van der Waals surface area contributed by atoms with Crippen molar-refractivity contribution in [2.75, 3.05) is 44.3 Å². The molecular formula is C27H40F3N3O2. The van der Waals surface area contributed by atoms with Crippen molar-refractivity contribution in [2.45, 2.75) is 71.1 Å². The van der Waals surface area contributed by atoms with E-state index < -0.39 is 11.7 Å². The van der Waals surface area contributed by atoms with Gasteiger partial charge in [-0.3, -0.25) is 4.79 Å². The molecule has 3 fully saturated rings. The average Bonchev–Trinajstić information content (AvgIpc) is 3.29. The Morgan fingerprint density at radius 2 is 1.94 bits per heavy atom. The Labute approximate surface area is 207 Å². The Hall–Kier alpha value is -1.80. The molecule has 2 aliphatic heterocycles. The van der Waals surface area contributed by atoms with E-state index in [0.717, 1.165) is 51.4 Å². The molecule has 1 amide bonds. The predicted molar refractivity (Wildman–Crippen MR) is 131 cm³/mol. The van der Waals surface area contributed by atoms with Crippen LogP contribution in [0.1, 0.15) is 58.4 Å². The molecule has 1 aromatic carbocycles. The zero-order valence-electron chi connectivity index (χ0n) is 21.2. The van der Waals surface area contributed by atoms with Gasteiger partial charge < -0.3 is 19.9 Å². The van der Waals surface area contributed by atoms with Crippen molar-refractivity contribution in [1.82, 2.24) is 10.2 Å². The minimum Gasteiger partial charge on any atom is -0.381 e. The van der Waals surface area contributed by atoms with Crippen LogP contribution in [0.5, 0.6) is 0 Å². The topological polar surface area (TPSA) is 44.8 Å². The quantitative estimate of drug-likeness (QED) is 0.606. The van der Waals surface area contributed by atoms with Gasteiger partial charge in [-0.1, -0.05) is 26.8 Å². The van der Waals surface area contributed by atoms with Crippen LogP contribution in [0.25, 0.3) is 0 Å². The standard InChI is InChI=1S/C27H40F3N3O2/c1-4-20-18-35-15-9-24(20)31-22-8-10-26(17-22,19(2)3)25(34)33-13-11-32(12-14-33)23-7-5-6-21(16-23)27(28,29)30/h5-7,16,19-20,22,24,31H,4,8-15,17-18H2,1-3H3/t20-,22+,24-,26-/m0/s1. The Morgan fingerprint density at radius 1 is 1.20 bits per heavy atom. The third kappa shape index (κ3) is 5.63. The number of hydrogen-bond donors (Lipinski definition) is 1. The summed E-state index contributed by atoms with van der Waals surface area (Å²) in [5.41, 5.74) is -0.438. The first-order valence-corrected chi connectivity index (χ1v) is 13.2. The summed E-state index contributed by atoms with van der Waals surface area (Å²) in [6.45, 7) is 10.3. The number of alkyl halides is 3. The first kappa shape index (κ1) is 26.3. The van der Waals surface area contributed by atoms with E-state index in [4.69, 9.17) is 4.74 Å². The van der Waals surface area contributed by atoms with Crippen LogP contribution in [0.3, 0.4) is 0 Å². The first-order chi connectivity index (χ1) is 16.6. The van der Waals surface area contributed by atoms with Gasteiger partial charge in [0.1, 0.15) is 0 Å². The SMILES string of the molecule is CC[C@H]1COCC[C@@H]1N[C@@H]1CC[C@@](C(=O)N2CCN(c3cccc(C(F)(F)F)c3)CC2)(C(C)C)C1. The fourth-order valence-electron chi connectivity index (χ4n) is 6.27. The molecule has 3 aliphatic rings. The number of carbonyl (C=O) groups is 1. The van der Waals surface area contributed by atoms with E-state index in [1.165, 1.54) is 12.1 Å². The lowest BCUT2D eigenvalue weighted by Gasteiger charge is -2.42. The maximum atomic E-state index is 13.9. The second kappa shape index (κ2) is 10.7. The van der Waals surface area contributed by atoms with Crippen LogP contribution in [-0.2, 0) is 15.7 Å². The highest BCUT2D eigenvalue weighted by atomic mass is 19.4. The molecule has 5 nitrogen and oxygen atoms in total. The van der Waals surface area contributed by atoms with E-state index in [-0.39, 0.29) is 17.2 Å². The number of benzene rings is 1. The number of nitrogens with one attached hydrogen (secondary N) is 1. The van der Waals surface area contributed by atoms with Crippen molar-refractivity contribution < 1.29 is 22.7 Å². The monoisotopic (exact) mass is 495 g/mol. The number of hydrogen-bond acceptors (Lipinski definition) is 4. The molecular weight excluding hydrogens is 455 g/mol. The summed E-state index contributed by atoms with van der Waals surface area (Å²) in [7, 11) is 0. The number of nitrogens with zero attached hydrogens (tertiary/aromatic N) is 2. The van der Waals surface area contributed by atoms with Gasteiger partial charge in [-0.2, -0.15) is 13.2 Å². The smallest absolute Gasteiger partial charge is 0.381 e. The van der Waals surface area contributed by atoms with Crippen LogP contribution in [0.2, 0.25) is 0 Å². The predicted octanol–water partition coefficient (Wildman–Crippen LogP) is 4.95. The summed E-state index contributed by atoms with van der Waals surface area (Å²) in [5, 5.41) is 3.88. The number of rotatable bonds is 6. The maximum absolute atomic E-state index is 13.9. The second-order valence-corrected chi connectivity index (χ2v) is 10.9. The van der Waals surface area contributed by atoms with Crippen molar-refractivity contribution in [3.8, 4) is 0 Å². The average molecular weight is 496 g/mol. The van der Waals surface area contributed by atoms with Gasteiger partial charge in [-0.25, -0.2) is 0 Å². The molecule has 1 N–H and O–H groups in total. The van der Waals surface area contributed by atoms with E-state index in [0.29, 0.717) is 49.9 Å². The number of halogens is 3. The van der Waals surface area contributed by atoms with E-state index in [1.54, 1.807) is 6.07 Å². The minimum absolute atomic E-state index is 0.222. The van der Waals surface area contributed by atoms with Gasteiger partial charge in [-0.15, -0.1) is 0 Å². The molecule has 0 bridgehead atoms. The molecule has 4 rings (SSSR count). The van der Waals surface area contributed by atoms with Gasteiger partial charge in [-0.05, 0) is 62.1 Å². The van der Waals surface area contributed by atoms with Gasteiger partial charge in [0.2, 0.25) is 5.91 Å². The zero-order valence-corrected chi connectivity index (χ0v) is 21.2. The molecule has 1 aromatic rings. The van der Waals surface area contributed by atoms with Crippen LogP contribution < -0.4 is 10.2 Å². The van der Waals surface area contributed by atoms with E-state index in [9.17, 15) is 18.0 Å². The van der Waals surface area contributed by atoms with Crippen LogP contribution in [0.4, 0.5) is 18.9 Å². The lowest BCUT2D eigenvalue weighted by atomic mass is 9.74. The lowest BCUT2D eigenvalue weighted by Crippen LogP contribution is -2.54.